The summed E-state index contributed by atoms with van der Waals surface area (Å²) in [6.45, 7) is 5.05. The fourth-order valence-electron chi connectivity index (χ4n) is 2.84. The fraction of sp³-hybridized carbons (Fsp3) is 0.600. The van der Waals surface area contributed by atoms with Crippen molar-refractivity contribution in [3.63, 3.8) is 0 Å². The summed E-state index contributed by atoms with van der Waals surface area (Å²) in [5, 5.41) is 14.4. The third kappa shape index (κ3) is 4.34. The van der Waals surface area contributed by atoms with E-state index >= 15 is 0 Å². The number of nitro benzene ring substituents is 1. The first kappa shape index (κ1) is 17.5. The van der Waals surface area contributed by atoms with Crippen LogP contribution in [0.25, 0.3) is 0 Å². The van der Waals surface area contributed by atoms with Gasteiger partial charge in [0.1, 0.15) is 5.69 Å². The van der Waals surface area contributed by atoms with Gasteiger partial charge in [-0.15, -0.1) is 0 Å². The van der Waals surface area contributed by atoms with E-state index in [1.807, 2.05) is 6.92 Å². The largest absolute Gasteiger partial charge is 0.416 e. The van der Waals surface area contributed by atoms with Crippen molar-refractivity contribution in [1.82, 2.24) is 5.32 Å². The van der Waals surface area contributed by atoms with E-state index in [0.29, 0.717) is 25.1 Å². The molecule has 1 aliphatic rings. The van der Waals surface area contributed by atoms with Crippen molar-refractivity contribution in [2.45, 2.75) is 25.9 Å². The quantitative estimate of drug-likeness (QED) is 0.663. The molecule has 23 heavy (non-hydrogen) atoms. The number of rotatable bonds is 5. The lowest BCUT2D eigenvalue weighted by molar-refractivity contribution is -0.384. The second-order valence-corrected chi connectivity index (χ2v) is 5.70. The minimum Gasteiger partial charge on any atom is -0.366 e. The van der Waals surface area contributed by atoms with E-state index < -0.39 is 22.4 Å². The monoisotopic (exact) mass is 331 g/mol. The summed E-state index contributed by atoms with van der Waals surface area (Å²) in [6, 6.07) is 2.75. The lowest BCUT2D eigenvalue weighted by atomic mass is 9.96. The number of halogens is 3. The molecule has 1 fully saturated rings. The SMILES string of the molecule is CCNCC1CCN(c2ccc(C(F)(F)F)cc2[N+](=O)[O-])CC1. The molecule has 0 radical (unpaired) electrons. The maximum absolute atomic E-state index is 12.7. The highest BCUT2D eigenvalue weighted by atomic mass is 19.4. The first-order valence-electron chi connectivity index (χ1n) is 7.64. The predicted octanol–water partition coefficient (Wildman–Crippen LogP) is 3.44. The summed E-state index contributed by atoms with van der Waals surface area (Å²) >= 11 is 0. The summed E-state index contributed by atoms with van der Waals surface area (Å²) in [5.74, 6) is 0.500. The van der Waals surface area contributed by atoms with Crippen molar-refractivity contribution in [2.24, 2.45) is 5.92 Å². The zero-order valence-electron chi connectivity index (χ0n) is 12.9. The third-order valence-electron chi connectivity index (χ3n) is 4.14. The smallest absolute Gasteiger partial charge is 0.366 e. The average molecular weight is 331 g/mol. The minimum absolute atomic E-state index is 0.268. The van der Waals surface area contributed by atoms with E-state index in [4.69, 9.17) is 0 Å². The lowest BCUT2D eigenvalue weighted by Gasteiger charge is -2.33. The van der Waals surface area contributed by atoms with Gasteiger partial charge < -0.3 is 10.2 Å². The highest BCUT2D eigenvalue weighted by Crippen LogP contribution is 2.37. The molecule has 8 heteroatoms. The molecular formula is C15H20F3N3O2. The van der Waals surface area contributed by atoms with Crippen LogP contribution in [0.15, 0.2) is 18.2 Å². The Labute approximate surface area is 132 Å². The molecule has 0 aromatic heterocycles. The van der Waals surface area contributed by atoms with Crippen molar-refractivity contribution >= 4 is 11.4 Å². The lowest BCUT2D eigenvalue weighted by Crippen LogP contribution is -2.37. The van der Waals surface area contributed by atoms with Crippen molar-refractivity contribution < 1.29 is 18.1 Å². The summed E-state index contributed by atoms with van der Waals surface area (Å²) in [7, 11) is 0. The molecule has 1 saturated heterocycles. The van der Waals surface area contributed by atoms with Crippen LogP contribution in [0.4, 0.5) is 24.5 Å². The van der Waals surface area contributed by atoms with Crippen LogP contribution in [0.1, 0.15) is 25.3 Å². The first-order chi connectivity index (χ1) is 10.8. The first-order valence-corrected chi connectivity index (χ1v) is 7.64. The molecule has 1 N–H and O–H groups in total. The molecule has 1 heterocycles. The van der Waals surface area contributed by atoms with E-state index in [2.05, 4.69) is 5.32 Å². The Morgan fingerprint density at radius 1 is 1.35 bits per heavy atom. The zero-order valence-corrected chi connectivity index (χ0v) is 12.9. The zero-order chi connectivity index (χ0) is 17.0. The van der Waals surface area contributed by atoms with Crippen LogP contribution in [0, 0.1) is 16.0 Å². The predicted molar refractivity (Wildman–Crippen MR) is 81.6 cm³/mol. The molecule has 0 spiro atoms. The Hall–Kier alpha value is -1.83. The third-order valence-corrected chi connectivity index (χ3v) is 4.14. The normalized spacial score (nSPS) is 16.6. The summed E-state index contributed by atoms with van der Waals surface area (Å²) < 4.78 is 38.2. The van der Waals surface area contributed by atoms with Crippen LogP contribution in [0.3, 0.4) is 0 Å². The molecular weight excluding hydrogens is 311 g/mol. The van der Waals surface area contributed by atoms with Gasteiger partial charge in [-0.3, -0.25) is 10.1 Å². The number of anilines is 1. The molecule has 1 aromatic rings. The molecule has 0 unspecified atom stereocenters. The number of benzene rings is 1. The van der Waals surface area contributed by atoms with E-state index in [-0.39, 0.29) is 5.69 Å². The molecule has 5 nitrogen and oxygen atoms in total. The highest BCUT2D eigenvalue weighted by Gasteiger charge is 2.34. The van der Waals surface area contributed by atoms with E-state index in [0.717, 1.165) is 32.0 Å². The molecule has 1 aliphatic heterocycles. The van der Waals surface area contributed by atoms with Crippen molar-refractivity contribution in [3.8, 4) is 0 Å². The van der Waals surface area contributed by atoms with E-state index in [1.54, 1.807) is 4.90 Å². The van der Waals surface area contributed by atoms with Gasteiger partial charge in [0.05, 0.1) is 10.5 Å². The van der Waals surface area contributed by atoms with Crippen LogP contribution in [-0.4, -0.2) is 31.1 Å². The molecule has 0 amide bonds. The van der Waals surface area contributed by atoms with Crippen LogP contribution in [-0.2, 0) is 6.18 Å². The highest BCUT2D eigenvalue weighted by molar-refractivity contribution is 5.64. The van der Waals surface area contributed by atoms with Crippen LogP contribution in [0.5, 0.6) is 0 Å². The Balaban J connectivity index is 2.15. The number of nitro groups is 1. The molecule has 1 aromatic carbocycles. The van der Waals surface area contributed by atoms with Gasteiger partial charge in [-0.05, 0) is 44.0 Å². The molecule has 0 bridgehead atoms. The van der Waals surface area contributed by atoms with Gasteiger partial charge in [0.25, 0.3) is 5.69 Å². The summed E-state index contributed by atoms with van der Waals surface area (Å²) in [5.41, 5.74) is -1.20. The Bertz CT molecular complexity index is 555. The molecule has 2 rings (SSSR count). The van der Waals surface area contributed by atoms with Gasteiger partial charge in [-0.25, -0.2) is 0 Å². The van der Waals surface area contributed by atoms with Crippen LogP contribution >= 0.6 is 0 Å². The Morgan fingerprint density at radius 2 is 2.00 bits per heavy atom. The number of hydrogen-bond donors (Lipinski definition) is 1. The van der Waals surface area contributed by atoms with E-state index in [9.17, 15) is 23.3 Å². The second-order valence-electron chi connectivity index (χ2n) is 5.70. The molecule has 0 aliphatic carbocycles. The fourth-order valence-corrected chi connectivity index (χ4v) is 2.84. The number of nitrogens with zero attached hydrogens (tertiary/aromatic N) is 2. The second kappa shape index (κ2) is 7.16. The number of piperidine rings is 1. The van der Waals surface area contributed by atoms with Crippen LogP contribution < -0.4 is 10.2 Å². The topological polar surface area (TPSA) is 58.4 Å². The maximum Gasteiger partial charge on any atom is 0.416 e. The van der Waals surface area contributed by atoms with Gasteiger partial charge in [0.15, 0.2) is 0 Å². The Morgan fingerprint density at radius 3 is 2.52 bits per heavy atom. The van der Waals surface area contributed by atoms with Gasteiger partial charge >= 0.3 is 6.18 Å². The Kier molecular flexibility index (Phi) is 5.46. The van der Waals surface area contributed by atoms with Crippen LogP contribution in [0.2, 0.25) is 0 Å². The number of alkyl halides is 3. The van der Waals surface area contributed by atoms with Crippen molar-refractivity contribution in [3.05, 3.63) is 33.9 Å². The minimum atomic E-state index is -4.58. The number of nitrogens with one attached hydrogen (secondary N) is 1. The van der Waals surface area contributed by atoms with Gasteiger partial charge in [-0.2, -0.15) is 13.2 Å². The average Bonchev–Trinajstić information content (AvgIpc) is 2.52. The van der Waals surface area contributed by atoms with Crippen molar-refractivity contribution in [2.75, 3.05) is 31.1 Å². The van der Waals surface area contributed by atoms with E-state index in [1.165, 1.54) is 6.07 Å². The summed E-state index contributed by atoms with van der Waals surface area (Å²) in [4.78, 5) is 12.2. The molecule has 0 saturated carbocycles. The standard InChI is InChI=1S/C15H20F3N3O2/c1-2-19-10-11-5-7-20(8-6-11)13-4-3-12(15(16,17)18)9-14(13)21(22)23/h3-4,9,11,19H,2,5-8,10H2,1H3. The number of hydrogen-bond acceptors (Lipinski definition) is 4. The van der Waals surface area contributed by atoms with Crippen molar-refractivity contribution in [1.29, 1.82) is 0 Å². The molecule has 128 valence electrons. The molecule has 0 atom stereocenters. The maximum atomic E-state index is 12.7. The summed E-state index contributed by atoms with van der Waals surface area (Å²) in [6.07, 6.45) is -2.85. The van der Waals surface area contributed by atoms with Gasteiger partial charge in [0.2, 0.25) is 0 Å². The van der Waals surface area contributed by atoms with Gasteiger partial charge in [-0.1, -0.05) is 6.92 Å². The van der Waals surface area contributed by atoms with Gasteiger partial charge in [0, 0.05) is 19.2 Å².